The molecule has 0 radical (unpaired) electrons. The molecule has 0 atom stereocenters. The van der Waals surface area contributed by atoms with Gasteiger partial charge in [0.2, 0.25) is 0 Å². The molecule has 2 aromatic carbocycles. The Hall–Kier alpha value is -2.64. The lowest BCUT2D eigenvalue weighted by molar-refractivity contribution is -0.137. The van der Waals surface area contributed by atoms with Crippen LogP contribution < -0.4 is 10.6 Å². The zero-order chi connectivity index (χ0) is 17.0. The normalized spacial score (nSPS) is 11.2. The van der Waals surface area contributed by atoms with Crippen LogP contribution in [-0.2, 0) is 12.7 Å². The summed E-state index contributed by atoms with van der Waals surface area (Å²) in [5.74, 6) is -2.35. The highest BCUT2D eigenvalue weighted by molar-refractivity contribution is 5.89. The summed E-state index contributed by atoms with van der Waals surface area (Å²) in [5, 5.41) is 4.35. The minimum atomic E-state index is -4.48. The van der Waals surface area contributed by atoms with Crippen molar-refractivity contribution in [1.82, 2.24) is 5.32 Å². The van der Waals surface area contributed by atoms with E-state index in [1.54, 1.807) is 0 Å². The average molecular weight is 330 g/mol. The number of hydrogen-bond acceptors (Lipinski definition) is 1. The molecule has 0 aliphatic carbocycles. The molecule has 0 spiro atoms. The SMILES string of the molecule is O=C(NCc1cccc(C(F)(F)F)c1)Nc1cccc(F)c1F. The minimum absolute atomic E-state index is 0.202. The number of rotatable bonds is 3. The van der Waals surface area contributed by atoms with Gasteiger partial charge in [0.05, 0.1) is 11.3 Å². The quantitative estimate of drug-likeness (QED) is 0.809. The number of halogens is 5. The summed E-state index contributed by atoms with van der Waals surface area (Å²) < 4.78 is 64.0. The van der Waals surface area contributed by atoms with Gasteiger partial charge in [-0.2, -0.15) is 13.2 Å². The van der Waals surface area contributed by atoms with Gasteiger partial charge in [0.1, 0.15) is 0 Å². The Kier molecular flexibility index (Phi) is 4.83. The Morgan fingerprint density at radius 1 is 1.04 bits per heavy atom. The molecule has 0 heterocycles. The Balaban J connectivity index is 1.98. The summed E-state index contributed by atoms with van der Waals surface area (Å²) in [6.45, 7) is -0.202. The Bertz CT molecular complexity index is 715. The van der Waals surface area contributed by atoms with E-state index in [9.17, 15) is 26.7 Å². The lowest BCUT2D eigenvalue weighted by atomic mass is 10.1. The van der Waals surface area contributed by atoms with Gasteiger partial charge in [-0.15, -0.1) is 0 Å². The van der Waals surface area contributed by atoms with Gasteiger partial charge in [-0.3, -0.25) is 0 Å². The van der Waals surface area contributed by atoms with Crippen molar-refractivity contribution in [1.29, 1.82) is 0 Å². The molecule has 0 aromatic heterocycles. The fourth-order valence-electron chi connectivity index (χ4n) is 1.81. The van der Waals surface area contributed by atoms with E-state index >= 15 is 0 Å². The molecule has 2 rings (SSSR count). The number of carbonyl (C=O) groups is 1. The number of carbonyl (C=O) groups excluding carboxylic acids is 1. The van der Waals surface area contributed by atoms with Gasteiger partial charge < -0.3 is 10.6 Å². The van der Waals surface area contributed by atoms with Crippen LogP contribution in [0.2, 0.25) is 0 Å². The second-order valence-corrected chi connectivity index (χ2v) is 4.61. The van der Waals surface area contributed by atoms with E-state index in [4.69, 9.17) is 0 Å². The molecule has 0 unspecified atom stereocenters. The number of amides is 2. The molecule has 2 aromatic rings. The molecular formula is C15H11F5N2O. The molecule has 0 bridgehead atoms. The fraction of sp³-hybridized carbons (Fsp3) is 0.133. The van der Waals surface area contributed by atoms with Crippen LogP contribution in [-0.4, -0.2) is 6.03 Å². The van der Waals surface area contributed by atoms with Crippen LogP contribution >= 0.6 is 0 Å². The maximum Gasteiger partial charge on any atom is 0.416 e. The van der Waals surface area contributed by atoms with E-state index in [1.807, 2.05) is 0 Å². The summed E-state index contributed by atoms with van der Waals surface area (Å²) in [4.78, 5) is 11.6. The number of alkyl halides is 3. The highest BCUT2D eigenvalue weighted by Gasteiger charge is 2.30. The third-order valence-electron chi connectivity index (χ3n) is 2.91. The van der Waals surface area contributed by atoms with Gasteiger partial charge in [0, 0.05) is 6.54 Å². The maximum absolute atomic E-state index is 13.4. The zero-order valence-electron chi connectivity index (χ0n) is 11.5. The first-order chi connectivity index (χ1) is 10.8. The van der Waals surface area contributed by atoms with E-state index in [-0.39, 0.29) is 17.8 Å². The molecule has 2 N–H and O–H groups in total. The fourth-order valence-corrected chi connectivity index (χ4v) is 1.81. The van der Waals surface area contributed by atoms with Gasteiger partial charge in [-0.1, -0.05) is 18.2 Å². The van der Waals surface area contributed by atoms with Crippen molar-refractivity contribution in [3.63, 3.8) is 0 Å². The zero-order valence-corrected chi connectivity index (χ0v) is 11.5. The number of urea groups is 1. The molecule has 2 amide bonds. The Morgan fingerprint density at radius 3 is 2.43 bits per heavy atom. The molecular weight excluding hydrogens is 319 g/mol. The largest absolute Gasteiger partial charge is 0.416 e. The molecule has 122 valence electrons. The van der Waals surface area contributed by atoms with E-state index in [0.717, 1.165) is 24.3 Å². The van der Waals surface area contributed by atoms with Crippen molar-refractivity contribution in [3.8, 4) is 0 Å². The van der Waals surface area contributed by atoms with Gasteiger partial charge in [0.25, 0.3) is 0 Å². The van der Waals surface area contributed by atoms with Crippen molar-refractivity contribution >= 4 is 11.7 Å². The number of anilines is 1. The number of hydrogen-bond donors (Lipinski definition) is 2. The molecule has 0 saturated carbocycles. The summed E-state index contributed by atoms with van der Waals surface area (Å²) in [6.07, 6.45) is -4.48. The van der Waals surface area contributed by atoms with Crippen LogP contribution in [0.4, 0.5) is 32.4 Å². The average Bonchev–Trinajstić information content (AvgIpc) is 2.49. The standard InChI is InChI=1S/C15H11F5N2O/c16-11-5-2-6-12(13(11)17)22-14(23)21-8-9-3-1-4-10(7-9)15(18,19)20/h1-7H,8H2,(H2,21,22,23). The smallest absolute Gasteiger partial charge is 0.334 e. The second kappa shape index (κ2) is 6.64. The number of nitrogens with one attached hydrogen (secondary N) is 2. The van der Waals surface area contributed by atoms with Crippen molar-refractivity contribution in [2.75, 3.05) is 5.32 Å². The predicted octanol–water partition coefficient (Wildman–Crippen LogP) is 4.31. The second-order valence-electron chi connectivity index (χ2n) is 4.61. The van der Waals surface area contributed by atoms with Gasteiger partial charge in [-0.25, -0.2) is 13.6 Å². The van der Waals surface area contributed by atoms with E-state index in [1.165, 1.54) is 18.2 Å². The lowest BCUT2D eigenvalue weighted by Crippen LogP contribution is -2.28. The van der Waals surface area contributed by atoms with Crippen LogP contribution in [0, 0.1) is 11.6 Å². The summed E-state index contributed by atoms with van der Waals surface area (Å²) in [7, 11) is 0. The first-order valence-corrected chi connectivity index (χ1v) is 6.42. The molecule has 0 fully saturated rings. The molecule has 0 aliphatic heterocycles. The predicted molar refractivity (Wildman–Crippen MR) is 73.7 cm³/mol. The molecule has 0 saturated heterocycles. The number of benzene rings is 2. The molecule has 3 nitrogen and oxygen atoms in total. The first kappa shape index (κ1) is 16.7. The van der Waals surface area contributed by atoms with Crippen molar-refractivity contribution in [3.05, 3.63) is 65.2 Å². The Morgan fingerprint density at radius 2 is 1.74 bits per heavy atom. The topological polar surface area (TPSA) is 41.1 Å². The monoisotopic (exact) mass is 330 g/mol. The lowest BCUT2D eigenvalue weighted by Gasteiger charge is -2.11. The first-order valence-electron chi connectivity index (χ1n) is 6.42. The summed E-state index contributed by atoms with van der Waals surface area (Å²) >= 11 is 0. The van der Waals surface area contributed by atoms with Crippen LogP contribution in [0.25, 0.3) is 0 Å². The highest BCUT2D eigenvalue weighted by atomic mass is 19.4. The summed E-state index contributed by atoms with van der Waals surface area (Å²) in [5.41, 5.74) is -0.991. The van der Waals surface area contributed by atoms with Crippen LogP contribution in [0.3, 0.4) is 0 Å². The van der Waals surface area contributed by atoms with E-state index in [0.29, 0.717) is 0 Å². The highest BCUT2D eigenvalue weighted by Crippen LogP contribution is 2.29. The molecule has 0 aliphatic rings. The van der Waals surface area contributed by atoms with E-state index in [2.05, 4.69) is 10.6 Å². The maximum atomic E-state index is 13.4. The third-order valence-corrected chi connectivity index (χ3v) is 2.91. The Labute approximate surface area is 128 Å². The van der Waals surface area contributed by atoms with Crippen molar-refractivity contribution in [2.45, 2.75) is 12.7 Å². The molecule has 23 heavy (non-hydrogen) atoms. The third kappa shape index (κ3) is 4.41. The molecule has 8 heteroatoms. The van der Waals surface area contributed by atoms with Crippen LogP contribution in [0.5, 0.6) is 0 Å². The van der Waals surface area contributed by atoms with Crippen molar-refractivity contribution < 1.29 is 26.7 Å². The van der Waals surface area contributed by atoms with E-state index < -0.39 is 29.4 Å². The van der Waals surface area contributed by atoms with Crippen molar-refractivity contribution in [2.24, 2.45) is 0 Å². The van der Waals surface area contributed by atoms with Crippen LogP contribution in [0.1, 0.15) is 11.1 Å². The van der Waals surface area contributed by atoms with Gasteiger partial charge >= 0.3 is 12.2 Å². The van der Waals surface area contributed by atoms with Gasteiger partial charge in [0.15, 0.2) is 11.6 Å². The summed E-state index contributed by atoms with van der Waals surface area (Å²) in [6, 6.07) is 6.80. The van der Waals surface area contributed by atoms with Gasteiger partial charge in [-0.05, 0) is 29.8 Å². The van der Waals surface area contributed by atoms with Crippen LogP contribution in [0.15, 0.2) is 42.5 Å². The minimum Gasteiger partial charge on any atom is -0.334 e.